The minimum absolute atomic E-state index is 0.101. The number of hydrogen-bond acceptors (Lipinski definition) is 6. The summed E-state index contributed by atoms with van der Waals surface area (Å²) in [6, 6.07) is 11.2. The number of pyridine rings is 1. The Morgan fingerprint density at radius 3 is 2.44 bits per heavy atom. The number of rotatable bonds is 4. The zero-order valence-corrected chi connectivity index (χ0v) is 27.1. The molecule has 12 heteroatoms. The van der Waals surface area contributed by atoms with Crippen LogP contribution in [-0.4, -0.2) is 62.8 Å². The maximum Gasteiger partial charge on any atom is 0.411 e. The third-order valence-electron chi connectivity index (χ3n) is 10.00. The van der Waals surface area contributed by atoms with E-state index in [1.165, 1.54) is 9.80 Å². The van der Waals surface area contributed by atoms with Crippen LogP contribution in [0.2, 0.25) is 0 Å². The van der Waals surface area contributed by atoms with Crippen molar-refractivity contribution in [3.05, 3.63) is 88.6 Å². The van der Waals surface area contributed by atoms with Gasteiger partial charge in [0, 0.05) is 30.1 Å². The Labute approximate surface area is 276 Å². The number of anilines is 2. The van der Waals surface area contributed by atoms with Crippen LogP contribution < -0.4 is 10.6 Å². The molecule has 0 bridgehead atoms. The van der Waals surface area contributed by atoms with Crippen molar-refractivity contribution < 1.29 is 32.7 Å². The number of benzene rings is 2. The van der Waals surface area contributed by atoms with Gasteiger partial charge in [0.05, 0.1) is 11.5 Å². The molecule has 4 aliphatic rings. The van der Waals surface area contributed by atoms with E-state index >= 15 is 0 Å². The summed E-state index contributed by atoms with van der Waals surface area (Å²) in [6.45, 7) is 4.67. The number of aromatic nitrogens is 1. The van der Waals surface area contributed by atoms with Crippen molar-refractivity contribution in [1.29, 1.82) is 0 Å². The average molecular weight is 658 g/mol. The quantitative estimate of drug-likeness (QED) is 0.387. The van der Waals surface area contributed by atoms with Crippen molar-refractivity contribution >= 4 is 35.3 Å². The minimum Gasteiger partial charge on any atom is -0.444 e. The second-order valence-corrected chi connectivity index (χ2v) is 14.3. The molecule has 3 heterocycles. The van der Waals surface area contributed by atoms with Crippen molar-refractivity contribution in [2.24, 2.45) is 0 Å². The maximum absolute atomic E-state index is 14.5. The number of carbonyl (C=O) groups is 4. The Balaban J connectivity index is 1.16. The molecule has 10 nitrogen and oxygen atoms in total. The summed E-state index contributed by atoms with van der Waals surface area (Å²) in [4.78, 5) is 61.9. The second kappa shape index (κ2) is 11.4. The van der Waals surface area contributed by atoms with Crippen LogP contribution in [-0.2, 0) is 37.4 Å². The summed E-state index contributed by atoms with van der Waals surface area (Å²) in [5.41, 5.74) is 0.532. The molecule has 1 aromatic heterocycles. The van der Waals surface area contributed by atoms with Gasteiger partial charge >= 0.3 is 6.09 Å². The van der Waals surface area contributed by atoms with Crippen LogP contribution in [0, 0.1) is 11.6 Å². The number of hydrogen-bond donors (Lipinski definition) is 2. The number of piperazine rings is 1. The number of fused-ring (bicyclic) bond motifs is 3. The fourth-order valence-electron chi connectivity index (χ4n) is 7.92. The van der Waals surface area contributed by atoms with Gasteiger partial charge in [0.25, 0.3) is 0 Å². The third kappa shape index (κ3) is 5.36. The Kier molecular flexibility index (Phi) is 7.52. The molecule has 2 aromatic carbocycles. The molecule has 48 heavy (non-hydrogen) atoms. The van der Waals surface area contributed by atoms with Gasteiger partial charge in [-0.1, -0.05) is 25.0 Å². The molecule has 2 aliphatic carbocycles. The molecule has 2 unspecified atom stereocenters. The van der Waals surface area contributed by atoms with Crippen molar-refractivity contribution in [2.75, 3.05) is 23.7 Å². The Bertz CT molecular complexity index is 1830. The first-order valence-electron chi connectivity index (χ1n) is 16.2. The predicted molar refractivity (Wildman–Crippen MR) is 172 cm³/mol. The molecule has 0 radical (unpaired) electrons. The molecular formula is C36H37F2N5O5. The number of nitrogens with one attached hydrogen (secondary N) is 2. The van der Waals surface area contributed by atoms with Crippen LogP contribution in [0.15, 0.2) is 54.7 Å². The van der Waals surface area contributed by atoms with Crippen LogP contribution in [0.25, 0.3) is 0 Å². The zero-order chi connectivity index (χ0) is 34.0. The molecule has 1 saturated heterocycles. The fourth-order valence-corrected chi connectivity index (χ4v) is 7.92. The molecule has 1 saturated carbocycles. The zero-order valence-electron chi connectivity index (χ0n) is 27.1. The normalized spacial score (nSPS) is 22.6. The first-order valence-corrected chi connectivity index (χ1v) is 16.2. The lowest BCUT2D eigenvalue weighted by Gasteiger charge is -2.51. The van der Waals surface area contributed by atoms with E-state index in [0.717, 1.165) is 34.9 Å². The monoisotopic (exact) mass is 657 g/mol. The van der Waals surface area contributed by atoms with Gasteiger partial charge in [-0.3, -0.25) is 19.3 Å². The highest BCUT2D eigenvalue weighted by molar-refractivity contribution is 6.06. The predicted octanol–water partition coefficient (Wildman–Crippen LogP) is 5.42. The van der Waals surface area contributed by atoms with Gasteiger partial charge < -0.3 is 20.3 Å². The smallest absolute Gasteiger partial charge is 0.411 e. The fraction of sp³-hybridized carbons (Fsp3) is 0.417. The van der Waals surface area contributed by atoms with Crippen LogP contribution >= 0.6 is 0 Å². The van der Waals surface area contributed by atoms with Gasteiger partial charge in [0.1, 0.15) is 35.1 Å². The highest BCUT2D eigenvalue weighted by Crippen LogP contribution is 2.47. The summed E-state index contributed by atoms with van der Waals surface area (Å²) >= 11 is 0. The Morgan fingerprint density at radius 2 is 1.73 bits per heavy atom. The lowest BCUT2D eigenvalue weighted by Crippen LogP contribution is -2.68. The Hall–Kier alpha value is -4.87. The van der Waals surface area contributed by atoms with E-state index < -0.39 is 58.7 Å². The maximum atomic E-state index is 14.5. The van der Waals surface area contributed by atoms with Crippen molar-refractivity contribution in [3.8, 4) is 0 Å². The minimum atomic E-state index is -1.24. The first kappa shape index (κ1) is 31.7. The van der Waals surface area contributed by atoms with Crippen LogP contribution in [0.4, 0.5) is 25.1 Å². The largest absolute Gasteiger partial charge is 0.444 e. The topological polar surface area (TPSA) is 121 Å². The molecule has 2 aliphatic heterocycles. The average Bonchev–Trinajstić information content (AvgIpc) is 3.71. The number of amides is 4. The Morgan fingerprint density at radius 1 is 1.02 bits per heavy atom. The molecule has 2 spiro atoms. The standard InChI is InChI=1S/C36H37F2N5O5/c1-34(2,3)48-33(47)43-19-28(22-13-24(37)16-25(38)14-22)42(32(46)36(43)10-4-5-11-36)20-29(44)40-26-9-8-21-17-35(18-23(21)15-26)27-7-6-12-39-30(27)41-31(35)45/h6-9,12-16,28H,4-5,10-11,17-20H2,1-3H3,(H,40,44)(H,39,41,45). The van der Waals surface area contributed by atoms with E-state index in [-0.39, 0.29) is 18.0 Å². The number of carbonyl (C=O) groups excluding carboxylic acids is 4. The lowest BCUT2D eigenvalue weighted by molar-refractivity contribution is -0.157. The molecule has 2 N–H and O–H groups in total. The van der Waals surface area contributed by atoms with Gasteiger partial charge in [-0.05, 0) is 93.5 Å². The van der Waals surface area contributed by atoms with E-state index in [2.05, 4.69) is 15.6 Å². The number of nitrogens with zero attached hydrogens (tertiary/aromatic N) is 3. The van der Waals surface area contributed by atoms with Gasteiger partial charge in [-0.25, -0.2) is 18.6 Å². The molecule has 4 amide bonds. The second-order valence-electron chi connectivity index (χ2n) is 14.3. The SMILES string of the molecule is CC(C)(C)OC(=O)N1CC(c2cc(F)cc(F)c2)N(CC(=O)Nc2ccc3c(c2)CC2(C3)C(=O)Nc3ncccc32)C(=O)C12CCCC2. The van der Waals surface area contributed by atoms with Crippen LogP contribution in [0.3, 0.4) is 0 Å². The number of halogens is 2. The molecule has 2 fully saturated rings. The highest BCUT2D eigenvalue weighted by Gasteiger charge is 2.57. The third-order valence-corrected chi connectivity index (χ3v) is 10.00. The number of ether oxygens (including phenoxy) is 1. The van der Waals surface area contributed by atoms with E-state index in [0.29, 0.717) is 50.0 Å². The lowest BCUT2D eigenvalue weighted by atomic mass is 9.79. The van der Waals surface area contributed by atoms with E-state index in [1.807, 2.05) is 24.3 Å². The first-order chi connectivity index (χ1) is 22.8. The summed E-state index contributed by atoms with van der Waals surface area (Å²) in [7, 11) is 0. The molecule has 7 rings (SSSR count). The summed E-state index contributed by atoms with van der Waals surface area (Å²) < 4.78 is 34.7. The van der Waals surface area contributed by atoms with Gasteiger partial charge in [0.2, 0.25) is 17.7 Å². The molecule has 250 valence electrons. The summed E-state index contributed by atoms with van der Waals surface area (Å²) in [5.74, 6) is -2.19. The van der Waals surface area contributed by atoms with Gasteiger partial charge in [-0.15, -0.1) is 0 Å². The molecule has 3 aromatic rings. The van der Waals surface area contributed by atoms with Crippen molar-refractivity contribution in [3.63, 3.8) is 0 Å². The van der Waals surface area contributed by atoms with Crippen molar-refractivity contribution in [2.45, 2.75) is 81.9 Å². The van der Waals surface area contributed by atoms with E-state index in [1.54, 1.807) is 33.0 Å². The summed E-state index contributed by atoms with van der Waals surface area (Å²) in [6.07, 6.45) is 4.05. The molecular weight excluding hydrogens is 620 g/mol. The van der Waals surface area contributed by atoms with Crippen LogP contribution in [0.5, 0.6) is 0 Å². The summed E-state index contributed by atoms with van der Waals surface area (Å²) in [5, 5.41) is 5.78. The highest BCUT2D eigenvalue weighted by atomic mass is 19.1. The van der Waals surface area contributed by atoms with E-state index in [4.69, 9.17) is 4.74 Å². The van der Waals surface area contributed by atoms with E-state index in [9.17, 15) is 28.0 Å². The van der Waals surface area contributed by atoms with Crippen molar-refractivity contribution in [1.82, 2.24) is 14.8 Å². The molecule has 2 atom stereocenters. The van der Waals surface area contributed by atoms with Gasteiger partial charge in [0.15, 0.2) is 0 Å². The van der Waals surface area contributed by atoms with Crippen LogP contribution in [0.1, 0.15) is 74.8 Å². The van der Waals surface area contributed by atoms with Gasteiger partial charge in [-0.2, -0.15) is 0 Å².